The van der Waals surface area contributed by atoms with E-state index >= 15 is 0 Å². The average Bonchev–Trinajstić information content (AvgIpc) is 2.89. The van der Waals surface area contributed by atoms with Crippen LogP contribution in [-0.2, 0) is 13.9 Å². The van der Waals surface area contributed by atoms with Gasteiger partial charge in [0.1, 0.15) is 0 Å². The summed E-state index contributed by atoms with van der Waals surface area (Å²) < 4.78 is 17.9. The molecule has 4 unspecified atom stereocenters. The molecule has 0 aromatic heterocycles. The lowest BCUT2D eigenvalue weighted by molar-refractivity contribution is 0.0164. The Kier molecular flexibility index (Phi) is 14.0. The first-order valence-electron chi connectivity index (χ1n) is 15.4. The van der Waals surface area contributed by atoms with Crippen molar-refractivity contribution in [3.05, 3.63) is 0 Å². The third-order valence-electron chi connectivity index (χ3n) is 9.12. The van der Waals surface area contributed by atoms with E-state index in [9.17, 15) is 0 Å². The Labute approximate surface area is 230 Å². The minimum Gasteiger partial charge on any atom is -0.418 e. The third kappa shape index (κ3) is 9.85. The van der Waals surface area contributed by atoms with Gasteiger partial charge in [-0.25, -0.2) is 0 Å². The van der Waals surface area contributed by atoms with Crippen LogP contribution in [0.15, 0.2) is 9.98 Å². The molecule has 4 atom stereocenters. The highest BCUT2D eigenvalue weighted by atomic mass is 28.4. The molecule has 37 heavy (non-hydrogen) atoms. The molecule has 2 saturated carbocycles. The smallest absolute Gasteiger partial charge is 0.183 e. The molecule has 216 valence electrons. The van der Waals surface area contributed by atoms with E-state index in [0.717, 1.165) is 70.8 Å². The number of aliphatic imine (C=N–C) groups is 2. The first-order chi connectivity index (χ1) is 17.6. The van der Waals surface area contributed by atoms with E-state index in [1.165, 1.54) is 11.4 Å². The molecule has 2 aliphatic carbocycles. The molecule has 5 nitrogen and oxygen atoms in total. The summed E-state index contributed by atoms with van der Waals surface area (Å²) in [5.74, 6) is 2.32. The zero-order valence-electron chi connectivity index (χ0n) is 26.0. The van der Waals surface area contributed by atoms with Gasteiger partial charge in [-0.3, -0.25) is 9.98 Å². The zero-order valence-corrected chi connectivity index (χ0v) is 27.0. The zero-order chi connectivity index (χ0) is 27.6. The molecule has 2 aliphatic rings. The fourth-order valence-electron chi connectivity index (χ4n) is 6.74. The number of methoxy groups -OCH3 is 2. The highest BCUT2D eigenvalue weighted by Crippen LogP contribution is 2.39. The van der Waals surface area contributed by atoms with Crippen molar-refractivity contribution in [3.8, 4) is 0 Å². The van der Waals surface area contributed by atoms with E-state index in [1.54, 1.807) is 0 Å². The number of hydrogen-bond acceptors (Lipinski definition) is 5. The Hall–Kier alpha value is -0.563. The van der Waals surface area contributed by atoms with Crippen LogP contribution in [0, 0.1) is 23.7 Å². The summed E-state index contributed by atoms with van der Waals surface area (Å²) in [5, 5.41) is 0. The van der Waals surface area contributed by atoms with E-state index in [2.05, 4.69) is 54.3 Å². The quantitative estimate of drug-likeness (QED) is 0.128. The van der Waals surface area contributed by atoms with E-state index in [0.29, 0.717) is 48.0 Å². The minimum atomic E-state index is -1.51. The monoisotopic (exact) mass is 536 g/mol. The molecular weight excluding hydrogens is 476 g/mol. The lowest BCUT2D eigenvalue weighted by Crippen LogP contribution is -2.40. The number of hydrogen-bond donors (Lipinski definition) is 0. The maximum Gasteiger partial charge on any atom is 0.183 e. The highest BCUT2D eigenvalue weighted by Gasteiger charge is 2.38. The van der Waals surface area contributed by atoms with Crippen molar-refractivity contribution in [1.29, 1.82) is 0 Å². The molecule has 0 radical (unpaired) electrons. The second kappa shape index (κ2) is 15.9. The van der Waals surface area contributed by atoms with E-state index in [-0.39, 0.29) is 0 Å². The summed E-state index contributed by atoms with van der Waals surface area (Å²) in [6.45, 7) is 19.2. The molecule has 0 N–H and O–H groups in total. The van der Waals surface area contributed by atoms with Gasteiger partial charge in [-0.2, -0.15) is 0 Å². The van der Waals surface area contributed by atoms with Crippen molar-refractivity contribution >= 4 is 19.7 Å². The van der Waals surface area contributed by atoms with Gasteiger partial charge in [0.05, 0.1) is 35.7 Å². The maximum atomic E-state index is 6.22. The van der Waals surface area contributed by atoms with Crippen LogP contribution in [-0.4, -0.2) is 64.9 Å². The van der Waals surface area contributed by atoms with Crippen molar-refractivity contribution in [1.82, 2.24) is 0 Å². The average molecular weight is 537 g/mol. The van der Waals surface area contributed by atoms with Gasteiger partial charge in [0.15, 0.2) is 8.32 Å². The van der Waals surface area contributed by atoms with Crippen molar-refractivity contribution in [2.45, 2.75) is 143 Å². The summed E-state index contributed by atoms with van der Waals surface area (Å²) >= 11 is 0. The summed E-state index contributed by atoms with van der Waals surface area (Å²) in [4.78, 5) is 11.1. The second-order valence-corrected chi connectivity index (χ2v) is 17.2. The Morgan fingerprint density at radius 3 is 1.46 bits per heavy atom. The minimum absolute atomic E-state index is 0.368. The van der Waals surface area contributed by atoms with Crippen LogP contribution >= 0.6 is 0 Å². The van der Waals surface area contributed by atoms with Crippen LogP contribution < -0.4 is 0 Å². The van der Waals surface area contributed by atoms with Crippen molar-refractivity contribution in [2.75, 3.05) is 20.8 Å². The highest BCUT2D eigenvalue weighted by molar-refractivity contribution is 6.69. The van der Waals surface area contributed by atoms with Crippen molar-refractivity contribution < 1.29 is 13.9 Å². The Bertz CT molecular complexity index is 692. The molecule has 0 bridgehead atoms. The third-order valence-corrected chi connectivity index (χ3v) is 10.2. The topological polar surface area (TPSA) is 52.4 Å². The Morgan fingerprint density at radius 1 is 0.703 bits per heavy atom. The Morgan fingerprint density at radius 2 is 1.11 bits per heavy atom. The first kappa shape index (κ1) is 32.6. The predicted molar refractivity (Wildman–Crippen MR) is 162 cm³/mol. The molecule has 2 rings (SSSR count). The SMILES string of the molecule is CCC1CC(OC)CC(CC)C1N=C(C)C(CCCO[Si](C)(C)C)=NC1C(CC)CC(OC)CC1CC. The molecule has 2 fully saturated rings. The molecule has 0 saturated heterocycles. The number of rotatable bonds is 14. The predicted octanol–water partition coefficient (Wildman–Crippen LogP) is 7.98. The van der Waals surface area contributed by atoms with Gasteiger partial charge < -0.3 is 13.9 Å². The van der Waals surface area contributed by atoms with Gasteiger partial charge in [-0.15, -0.1) is 0 Å². The van der Waals surface area contributed by atoms with Crippen LogP contribution in [0.3, 0.4) is 0 Å². The van der Waals surface area contributed by atoms with E-state index in [1.807, 2.05) is 14.2 Å². The van der Waals surface area contributed by atoms with E-state index < -0.39 is 8.32 Å². The maximum absolute atomic E-state index is 6.22. The van der Waals surface area contributed by atoms with Crippen LogP contribution in [0.2, 0.25) is 19.6 Å². The second-order valence-electron chi connectivity index (χ2n) is 12.7. The molecule has 0 spiro atoms. The number of nitrogens with zero attached hydrogens (tertiary/aromatic N) is 2. The van der Waals surface area contributed by atoms with Crippen LogP contribution in [0.5, 0.6) is 0 Å². The van der Waals surface area contributed by atoms with Crippen molar-refractivity contribution in [3.63, 3.8) is 0 Å². The summed E-state index contributed by atoms with van der Waals surface area (Å²) in [7, 11) is 2.24. The summed E-state index contributed by atoms with van der Waals surface area (Å²) in [6, 6.07) is 0.741. The van der Waals surface area contributed by atoms with Gasteiger partial charge in [0.2, 0.25) is 0 Å². The van der Waals surface area contributed by atoms with Gasteiger partial charge in [0, 0.05) is 20.8 Å². The summed E-state index contributed by atoms with van der Waals surface area (Å²) in [5.41, 5.74) is 2.40. The lowest BCUT2D eigenvalue weighted by Gasteiger charge is -2.40. The van der Waals surface area contributed by atoms with Gasteiger partial charge in [-0.1, -0.05) is 53.4 Å². The molecule has 0 heterocycles. The van der Waals surface area contributed by atoms with Gasteiger partial charge >= 0.3 is 0 Å². The van der Waals surface area contributed by atoms with Crippen LogP contribution in [0.1, 0.15) is 98.8 Å². The fourth-order valence-corrected chi connectivity index (χ4v) is 7.50. The molecule has 6 heteroatoms. The number of ether oxygens (including phenoxy) is 2. The lowest BCUT2D eigenvalue weighted by atomic mass is 9.73. The van der Waals surface area contributed by atoms with Gasteiger partial charge in [0.25, 0.3) is 0 Å². The van der Waals surface area contributed by atoms with E-state index in [4.69, 9.17) is 23.9 Å². The summed E-state index contributed by atoms with van der Waals surface area (Å²) in [6.07, 6.45) is 11.8. The fraction of sp³-hybridized carbons (Fsp3) is 0.935. The van der Waals surface area contributed by atoms with Crippen LogP contribution in [0.4, 0.5) is 0 Å². The Balaban J connectivity index is 2.38. The molecule has 0 aromatic rings. The molecule has 0 amide bonds. The standard InChI is InChI=1S/C31H60N2O3Si/c1-11-23-18-27(34-6)19-24(12-2)30(23)32-22(5)29(16-15-17-36-37(8,9)10)33-31-25(13-3)20-28(35-7)21-26(31)14-4/h23-28,30-31H,11-21H2,1-10H3. The normalized spacial score (nSPS) is 34.1. The molecule has 0 aromatic carbocycles. The van der Waals surface area contributed by atoms with Gasteiger partial charge in [-0.05, 0) is 88.8 Å². The molecular formula is C31H60N2O3Si. The largest absolute Gasteiger partial charge is 0.418 e. The molecule has 0 aliphatic heterocycles. The van der Waals surface area contributed by atoms with Crippen LogP contribution in [0.25, 0.3) is 0 Å². The van der Waals surface area contributed by atoms with Crippen molar-refractivity contribution in [2.24, 2.45) is 33.7 Å². The first-order valence-corrected chi connectivity index (χ1v) is 18.8.